The molecule has 0 atom stereocenters. The fourth-order valence-corrected chi connectivity index (χ4v) is 5.30. The van der Waals surface area contributed by atoms with Gasteiger partial charge < -0.3 is 9.32 Å². The van der Waals surface area contributed by atoms with Crippen LogP contribution in [0.3, 0.4) is 0 Å². The number of anilines is 1. The Hall–Kier alpha value is -4.54. The maximum Gasteiger partial charge on any atom is 0.419 e. The quantitative estimate of drug-likeness (QED) is 0.365. The molecule has 0 bridgehead atoms. The first kappa shape index (κ1) is 22.9. The number of oxazole rings is 1. The van der Waals surface area contributed by atoms with Crippen molar-refractivity contribution in [2.75, 3.05) is 18.0 Å². The standard InChI is InChI=1S/C26H25N7O4/c1-3-32-22-15(2)11-16(12-20(22)37-26(32)36)23(34)18-13-21(29-14-28-18)31-9-6-17(7-10-31)33-19-5-4-8-27-24(19)30-25(33)35/h4-5,8,11-14,17H,3,6-7,9-10H2,1-2H3,(H,27,30,35). The number of fused-ring (bicyclic) bond motifs is 2. The zero-order valence-corrected chi connectivity index (χ0v) is 20.5. The molecule has 5 aromatic rings. The summed E-state index contributed by atoms with van der Waals surface area (Å²) in [4.78, 5) is 55.8. The van der Waals surface area contributed by atoms with E-state index in [4.69, 9.17) is 4.42 Å². The molecule has 11 nitrogen and oxygen atoms in total. The Bertz CT molecular complexity index is 1770. The number of nitrogens with zero attached hydrogens (tertiary/aromatic N) is 6. The SMILES string of the molecule is CCn1c(=O)oc2cc(C(=O)c3cc(N4CCC(n5c(=O)[nH]c6ncccc65)CC4)ncn3)cc(C)c21. The van der Waals surface area contributed by atoms with Gasteiger partial charge in [0.1, 0.15) is 17.8 Å². The largest absolute Gasteiger partial charge is 0.419 e. The molecule has 0 spiro atoms. The second-order valence-electron chi connectivity index (χ2n) is 9.23. The van der Waals surface area contributed by atoms with Crippen LogP contribution in [0.2, 0.25) is 0 Å². The summed E-state index contributed by atoms with van der Waals surface area (Å²) in [5.41, 5.74) is 3.77. The molecule has 1 aromatic carbocycles. The molecule has 4 aromatic heterocycles. The minimum absolute atomic E-state index is 0.0458. The van der Waals surface area contributed by atoms with Crippen LogP contribution in [0.4, 0.5) is 5.82 Å². The fraction of sp³-hybridized carbons (Fsp3) is 0.308. The number of aromatic nitrogens is 6. The van der Waals surface area contributed by atoms with E-state index in [1.54, 1.807) is 33.5 Å². The van der Waals surface area contributed by atoms with Gasteiger partial charge in [-0.05, 0) is 56.5 Å². The zero-order chi connectivity index (χ0) is 25.7. The lowest BCUT2D eigenvalue weighted by molar-refractivity contribution is 0.103. The number of piperidine rings is 1. The summed E-state index contributed by atoms with van der Waals surface area (Å²) < 4.78 is 8.71. The summed E-state index contributed by atoms with van der Waals surface area (Å²) >= 11 is 0. The van der Waals surface area contributed by atoms with Gasteiger partial charge in [-0.2, -0.15) is 0 Å². The Morgan fingerprint density at radius 3 is 2.73 bits per heavy atom. The highest BCUT2D eigenvalue weighted by Crippen LogP contribution is 2.27. The van der Waals surface area contributed by atoms with Gasteiger partial charge in [-0.15, -0.1) is 0 Å². The normalized spacial score (nSPS) is 14.6. The van der Waals surface area contributed by atoms with Gasteiger partial charge in [0.2, 0.25) is 5.78 Å². The van der Waals surface area contributed by atoms with Crippen molar-refractivity contribution in [3.63, 3.8) is 0 Å². The molecule has 37 heavy (non-hydrogen) atoms. The number of nitrogens with one attached hydrogen (secondary N) is 1. The first-order valence-corrected chi connectivity index (χ1v) is 12.3. The van der Waals surface area contributed by atoms with Gasteiger partial charge in [0, 0.05) is 43.5 Å². The summed E-state index contributed by atoms with van der Waals surface area (Å²) in [6.45, 7) is 5.56. The number of ketones is 1. The molecule has 1 N–H and O–H groups in total. The minimum atomic E-state index is -0.441. The van der Waals surface area contributed by atoms with Gasteiger partial charge in [0.25, 0.3) is 0 Å². The van der Waals surface area contributed by atoms with Crippen LogP contribution in [-0.4, -0.2) is 47.9 Å². The van der Waals surface area contributed by atoms with Crippen molar-refractivity contribution in [3.05, 3.63) is 80.7 Å². The number of hydrogen-bond donors (Lipinski definition) is 1. The van der Waals surface area contributed by atoms with E-state index in [0.717, 1.165) is 23.9 Å². The highest BCUT2D eigenvalue weighted by atomic mass is 16.4. The van der Waals surface area contributed by atoms with Crippen molar-refractivity contribution in [2.24, 2.45) is 0 Å². The maximum absolute atomic E-state index is 13.3. The number of aryl methyl sites for hydroxylation is 2. The maximum atomic E-state index is 13.3. The highest BCUT2D eigenvalue weighted by molar-refractivity contribution is 6.09. The Labute approximate surface area is 210 Å². The number of pyridine rings is 1. The van der Waals surface area contributed by atoms with Crippen LogP contribution in [0.5, 0.6) is 0 Å². The highest BCUT2D eigenvalue weighted by Gasteiger charge is 2.25. The van der Waals surface area contributed by atoms with Gasteiger partial charge in [0.05, 0.1) is 11.0 Å². The Morgan fingerprint density at radius 2 is 1.95 bits per heavy atom. The van der Waals surface area contributed by atoms with E-state index in [1.807, 2.05) is 26.0 Å². The van der Waals surface area contributed by atoms with Crippen LogP contribution in [0, 0.1) is 6.92 Å². The summed E-state index contributed by atoms with van der Waals surface area (Å²) in [5, 5.41) is 0. The van der Waals surface area contributed by atoms with Crippen LogP contribution in [-0.2, 0) is 6.54 Å². The van der Waals surface area contributed by atoms with Crippen LogP contribution >= 0.6 is 0 Å². The van der Waals surface area contributed by atoms with E-state index < -0.39 is 5.76 Å². The smallest absolute Gasteiger partial charge is 0.408 e. The van der Waals surface area contributed by atoms with E-state index in [1.165, 1.54) is 6.33 Å². The molecule has 0 amide bonds. The molecular formula is C26H25N7O4. The van der Waals surface area contributed by atoms with Crippen LogP contribution in [0.1, 0.15) is 47.4 Å². The first-order chi connectivity index (χ1) is 17.9. The third kappa shape index (κ3) is 3.83. The predicted molar refractivity (Wildman–Crippen MR) is 137 cm³/mol. The minimum Gasteiger partial charge on any atom is -0.408 e. The number of aromatic amines is 1. The van der Waals surface area contributed by atoms with Gasteiger partial charge in [-0.1, -0.05) is 0 Å². The van der Waals surface area contributed by atoms with E-state index in [-0.39, 0.29) is 23.2 Å². The Kier molecular flexibility index (Phi) is 5.47. The fourth-order valence-electron chi connectivity index (χ4n) is 5.30. The molecule has 6 rings (SSSR count). The number of rotatable bonds is 5. The molecule has 1 aliphatic rings. The molecule has 1 fully saturated rings. The Balaban J connectivity index is 1.23. The molecule has 1 saturated heterocycles. The average molecular weight is 500 g/mol. The van der Waals surface area contributed by atoms with E-state index >= 15 is 0 Å². The van der Waals surface area contributed by atoms with Crippen LogP contribution in [0.15, 0.2) is 56.9 Å². The third-order valence-corrected chi connectivity index (χ3v) is 7.06. The van der Waals surface area contributed by atoms with E-state index in [0.29, 0.717) is 47.8 Å². The van der Waals surface area contributed by atoms with E-state index in [9.17, 15) is 14.4 Å². The van der Waals surface area contributed by atoms with Gasteiger partial charge in [-0.25, -0.2) is 24.5 Å². The lowest BCUT2D eigenvalue weighted by atomic mass is 10.0. The molecule has 188 valence electrons. The summed E-state index contributed by atoms with van der Waals surface area (Å²) in [5.74, 6) is -0.0522. The molecule has 0 aliphatic carbocycles. The van der Waals surface area contributed by atoms with Crippen LogP contribution in [0.25, 0.3) is 22.3 Å². The lowest BCUT2D eigenvalue weighted by Crippen LogP contribution is -2.37. The molecule has 0 saturated carbocycles. The van der Waals surface area contributed by atoms with Crippen molar-refractivity contribution in [1.82, 2.24) is 29.1 Å². The summed E-state index contributed by atoms with van der Waals surface area (Å²) in [6.07, 6.45) is 4.55. The molecule has 0 radical (unpaired) electrons. The molecule has 5 heterocycles. The molecule has 1 aliphatic heterocycles. The Morgan fingerprint density at radius 1 is 1.14 bits per heavy atom. The van der Waals surface area contributed by atoms with Gasteiger partial charge in [-0.3, -0.25) is 18.9 Å². The second kappa shape index (κ2) is 8.84. The zero-order valence-electron chi connectivity index (χ0n) is 20.5. The van der Waals surface area contributed by atoms with Crippen LogP contribution < -0.4 is 16.3 Å². The van der Waals surface area contributed by atoms with Crippen molar-refractivity contribution < 1.29 is 9.21 Å². The molecule has 11 heteroatoms. The number of hydrogen-bond acceptors (Lipinski definition) is 8. The summed E-state index contributed by atoms with van der Waals surface area (Å²) in [6, 6.07) is 8.82. The number of H-pyrrole nitrogens is 1. The lowest BCUT2D eigenvalue weighted by Gasteiger charge is -2.33. The van der Waals surface area contributed by atoms with Crippen molar-refractivity contribution in [2.45, 2.75) is 39.3 Å². The number of imidazole rings is 1. The monoisotopic (exact) mass is 499 g/mol. The van der Waals surface area contributed by atoms with E-state index in [2.05, 4.69) is 24.8 Å². The number of benzene rings is 1. The predicted octanol–water partition coefficient (Wildman–Crippen LogP) is 2.82. The van der Waals surface area contributed by atoms with Gasteiger partial charge in [0.15, 0.2) is 11.2 Å². The third-order valence-electron chi connectivity index (χ3n) is 7.06. The second-order valence-corrected chi connectivity index (χ2v) is 9.23. The van der Waals surface area contributed by atoms with Gasteiger partial charge >= 0.3 is 11.4 Å². The van der Waals surface area contributed by atoms with Crippen molar-refractivity contribution in [1.29, 1.82) is 0 Å². The summed E-state index contributed by atoms with van der Waals surface area (Å²) in [7, 11) is 0. The average Bonchev–Trinajstić information content (AvgIpc) is 3.43. The van der Waals surface area contributed by atoms with Crippen molar-refractivity contribution >= 4 is 33.9 Å². The molecular weight excluding hydrogens is 474 g/mol. The number of carbonyl (C=O) groups is 1. The first-order valence-electron chi connectivity index (χ1n) is 12.3. The van der Waals surface area contributed by atoms with Crippen molar-refractivity contribution in [3.8, 4) is 0 Å². The molecule has 0 unspecified atom stereocenters. The topological polar surface area (TPSA) is 132 Å². The number of carbonyl (C=O) groups excluding carboxylic acids is 1.